The van der Waals surface area contributed by atoms with Gasteiger partial charge in [-0.05, 0) is 24.5 Å². The zero-order valence-corrected chi connectivity index (χ0v) is 10.9. The smallest absolute Gasteiger partial charge is 0.237 e. The Morgan fingerprint density at radius 1 is 1.50 bits per heavy atom. The van der Waals surface area contributed by atoms with Crippen molar-refractivity contribution in [3.8, 4) is 0 Å². The van der Waals surface area contributed by atoms with E-state index in [2.05, 4.69) is 41.1 Å². The number of nitrogens with one attached hydrogen (secondary N) is 1. The highest BCUT2D eigenvalue weighted by Gasteiger charge is 2.24. The van der Waals surface area contributed by atoms with E-state index in [0.29, 0.717) is 6.54 Å². The van der Waals surface area contributed by atoms with Crippen molar-refractivity contribution in [2.75, 3.05) is 13.1 Å². The van der Waals surface area contributed by atoms with Gasteiger partial charge >= 0.3 is 0 Å². The van der Waals surface area contributed by atoms with Crippen molar-refractivity contribution in [3.63, 3.8) is 0 Å². The number of carbonyl (C=O) groups excluding carboxylic acids is 1. The second kappa shape index (κ2) is 5.83. The first kappa shape index (κ1) is 12.8. The summed E-state index contributed by atoms with van der Waals surface area (Å²) in [5, 5.41) is 2.85. The van der Waals surface area contributed by atoms with Crippen LogP contribution >= 0.6 is 0 Å². The van der Waals surface area contributed by atoms with Crippen LogP contribution in [0.2, 0.25) is 0 Å². The lowest BCUT2D eigenvalue weighted by molar-refractivity contribution is -0.126. The van der Waals surface area contributed by atoms with Crippen LogP contribution in [0.4, 0.5) is 0 Å². The van der Waals surface area contributed by atoms with Crippen LogP contribution in [0.15, 0.2) is 36.9 Å². The van der Waals surface area contributed by atoms with Crippen molar-refractivity contribution in [2.24, 2.45) is 0 Å². The molecule has 0 radical (unpaired) electrons. The zero-order valence-electron chi connectivity index (χ0n) is 10.9. The van der Waals surface area contributed by atoms with Crippen LogP contribution in [-0.4, -0.2) is 29.9 Å². The fourth-order valence-electron chi connectivity index (χ4n) is 2.33. The molecule has 1 aliphatic heterocycles. The summed E-state index contributed by atoms with van der Waals surface area (Å²) in [6.07, 6.45) is 2.73. The number of rotatable bonds is 4. The van der Waals surface area contributed by atoms with Crippen LogP contribution in [0.5, 0.6) is 0 Å². The first-order chi connectivity index (χ1) is 8.72. The summed E-state index contributed by atoms with van der Waals surface area (Å²) in [7, 11) is 0. The largest absolute Gasteiger partial charge is 0.351 e. The third-order valence-corrected chi connectivity index (χ3v) is 3.51. The molecule has 0 fully saturated rings. The van der Waals surface area contributed by atoms with Crippen molar-refractivity contribution >= 4 is 5.91 Å². The molecule has 3 heteroatoms. The summed E-state index contributed by atoms with van der Waals surface area (Å²) in [5.41, 5.74) is 2.75. The molecule has 0 aromatic heterocycles. The second-order valence-corrected chi connectivity index (χ2v) is 4.70. The van der Waals surface area contributed by atoms with Crippen LogP contribution in [0.3, 0.4) is 0 Å². The summed E-state index contributed by atoms with van der Waals surface area (Å²) in [6, 6.07) is 8.38. The SMILES string of the molecule is C=CCNC(=O)C(C)N1CCc2ccccc2C1. The van der Waals surface area contributed by atoms with Crippen molar-refractivity contribution in [3.05, 3.63) is 48.0 Å². The lowest BCUT2D eigenvalue weighted by atomic mass is 9.99. The number of hydrogen-bond donors (Lipinski definition) is 1. The van der Waals surface area contributed by atoms with Gasteiger partial charge in [0, 0.05) is 19.6 Å². The van der Waals surface area contributed by atoms with Crippen LogP contribution < -0.4 is 5.32 Å². The molecule has 18 heavy (non-hydrogen) atoms. The normalized spacial score (nSPS) is 16.7. The van der Waals surface area contributed by atoms with Gasteiger partial charge in [0.1, 0.15) is 0 Å². The summed E-state index contributed by atoms with van der Waals surface area (Å²) >= 11 is 0. The molecule has 0 spiro atoms. The lowest BCUT2D eigenvalue weighted by Crippen LogP contribution is -2.47. The van der Waals surface area contributed by atoms with E-state index in [4.69, 9.17) is 0 Å². The molecule has 0 aliphatic carbocycles. The number of hydrogen-bond acceptors (Lipinski definition) is 2. The van der Waals surface area contributed by atoms with Gasteiger partial charge in [-0.25, -0.2) is 0 Å². The van der Waals surface area contributed by atoms with E-state index >= 15 is 0 Å². The van der Waals surface area contributed by atoms with Gasteiger partial charge in [0.2, 0.25) is 5.91 Å². The molecule has 1 unspecified atom stereocenters. The van der Waals surface area contributed by atoms with E-state index in [-0.39, 0.29) is 11.9 Å². The molecule has 3 nitrogen and oxygen atoms in total. The summed E-state index contributed by atoms with van der Waals surface area (Å²) in [6.45, 7) is 7.91. The van der Waals surface area contributed by atoms with E-state index in [1.807, 2.05) is 6.92 Å². The molecule has 2 rings (SSSR count). The van der Waals surface area contributed by atoms with E-state index in [0.717, 1.165) is 19.5 Å². The topological polar surface area (TPSA) is 32.3 Å². The Balaban J connectivity index is 2.00. The average Bonchev–Trinajstić information content (AvgIpc) is 2.43. The average molecular weight is 244 g/mol. The molecule has 1 atom stereocenters. The van der Waals surface area contributed by atoms with Crippen molar-refractivity contribution in [1.29, 1.82) is 0 Å². The number of fused-ring (bicyclic) bond motifs is 1. The maximum absolute atomic E-state index is 11.9. The Bertz CT molecular complexity index is 442. The molecule has 1 aromatic rings. The van der Waals surface area contributed by atoms with Crippen LogP contribution in [0.25, 0.3) is 0 Å². The number of benzene rings is 1. The molecule has 1 heterocycles. The third-order valence-electron chi connectivity index (χ3n) is 3.51. The fraction of sp³-hybridized carbons (Fsp3) is 0.400. The Kier molecular flexibility index (Phi) is 4.15. The minimum Gasteiger partial charge on any atom is -0.351 e. The van der Waals surface area contributed by atoms with Crippen LogP contribution in [0.1, 0.15) is 18.1 Å². The van der Waals surface area contributed by atoms with Crippen LogP contribution in [0, 0.1) is 0 Å². The maximum atomic E-state index is 11.9. The van der Waals surface area contributed by atoms with Crippen LogP contribution in [-0.2, 0) is 17.8 Å². The zero-order chi connectivity index (χ0) is 13.0. The predicted molar refractivity (Wildman–Crippen MR) is 73.2 cm³/mol. The van der Waals surface area contributed by atoms with E-state index in [1.54, 1.807) is 6.08 Å². The first-order valence-electron chi connectivity index (χ1n) is 6.42. The summed E-state index contributed by atoms with van der Waals surface area (Å²) in [4.78, 5) is 14.1. The molecule has 1 N–H and O–H groups in total. The highest BCUT2D eigenvalue weighted by atomic mass is 16.2. The number of carbonyl (C=O) groups is 1. The first-order valence-corrected chi connectivity index (χ1v) is 6.42. The van der Waals surface area contributed by atoms with Crippen molar-refractivity contribution < 1.29 is 4.79 Å². The number of nitrogens with zero attached hydrogens (tertiary/aromatic N) is 1. The Hall–Kier alpha value is -1.61. The molecule has 0 bridgehead atoms. The van der Waals surface area contributed by atoms with Gasteiger partial charge in [-0.1, -0.05) is 30.3 Å². The van der Waals surface area contributed by atoms with Gasteiger partial charge in [-0.2, -0.15) is 0 Å². The maximum Gasteiger partial charge on any atom is 0.237 e. The van der Waals surface area contributed by atoms with Gasteiger partial charge in [0.05, 0.1) is 6.04 Å². The molecule has 96 valence electrons. The minimum absolute atomic E-state index is 0.0780. The highest BCUT2D eigenvalue weighted by molar-refractivity contribution is 5.81. The van der Waals surface area contributed by atoms with Gasteiger partial charge in [-0.3, -0.25) is 9.69 Å². The highest BCUT2D eigenvalue weighted by Crippen LogP contribution is 2.20. The van der Waals surface area contributed by atoms with E-state index < -0.39 is 0 Å². The Labute approximate surface area is 108 Å². The molecular weight excluding hydrogens is 224 g/mol. The quantitative estimate of drug-likeness (QED) is 0.818. The van der Waals surface area contributed by atoms with E-state index in [1.165, 1.54) is 11.1 Å². The Morgan fingerprint density at radius 3 is 2.94 bits per heavy atom. The minimum atomic E-state index is -0.0849. The molecule has 0 saturated heterocycles. The second-order valence-electron chi connectivity index (χ2n) is 4.70. The standard InChI is InChI=1S/C15H20N2O/c1-3-9-16-15(18)12(2)17-10-8-13-6-4-5-7-14(13)11-17/h3-7,12H,1,8-11H2,2H3,(H,16,18). The van der Waals surface area contributed by atoms with E-state index in [9.17, 15) is 4.79 Å². The fourth-order valence-corrected chi connectivity index (χ4v) is 2.33. The predicted octanol–water partition coefficient (Wildman–Crippen LogP) is 1.74. The van der Waals surface area contributed by atoms with Gasteiger partial charge in [0.15, 0.2) is 0 Å². The van der Waals surface area contributed by atoms with Gasteiger partial charge in [-0.15, -0.1) is 6.58 Å². The summed E-state index contributed by atoms with van der Waals surface area (Å²) in [5.74, 6) is 0.0780. The summed E-state index contributed by atoms with van der Waals surface area (Å²) < 4.78 is 0. The number of amides is 1. The molecule has 1 aromatic carbocycles. The molecular formula is C15H20N2O. The van der Waals surface area contributed by atoms with Crippen molar-refractivity contribution in [2.45, 2.75) is 25.9 Å². The lowest BCUT2D eigenvalue weighted by Gasteiger charge is -2.32. The molecule has 1 amide bonds. The van der Waals surface area contributed by atoms with Crippen molar-refractivity contribution in [1.82, 2.24) is 10.2 Å². The Morgan fingerprint density at radius 2 is 2.22 bits per heavy atom. The molecule has 0 saturated carbocycles. The van der Waals surface area contributed by atoms with Gasteiger partial charge < -0.3 is 5.32 Å². The molecule has 1 aliphatic rings. The monoisotopic (exact) mass is 244 g/mol. The third kappa shape index (κ3) is 2.79. The van der Waals surface area contributed by atoms with Gasteiger partial charge in [0.25, 0.3) is 0 Å².